The van der Waals surface area contributed by atoms with E-state index in [1.165, 1.54) is 0 Å². The molecule has 0 aliphatic carbocycles. The molecular formula is C14H20N2O3. The van der Waals surface area contributed by atoms with Crippen LogP contribution < -0.4 is 11.1 Å². The fourth-order valence-electron chi connectivity index (χ4n) is 2.17. The number of esters is 1. The van der Waals surface area contributed by atoms with Gasteiger partial charge in [-0.1, -0.05) is 6.07 Å². The lowest BCUT2D eigenvalue weighted by Crippen LogP contribution is -2.21. The maximum Gasteiger partial charge on any atom is 0.340 e. The molecule has 3 N–H and O–H groups in total. The van der Waals surface area contributed by atoms with Crippen LogP contribution in [0, 0.1) is 0 Å². The molecule has 1 saturated heterocycles. The van der Waals surface area contributed by atoms with Gasteiger partial charge in [0.25, 0.3) is 0 Å². The summed E-state index contributed by atoms with van der Waals surface area (Å²) in [6, 6.07) is 5.23. The largest absolute Gasteiger partial charge is 0.462 e. The molecule has 1 fully saturated rings. The minimum absolute atomic E-state index is 0.189. The first-order valence-corrected chi connectivity index (χ1v) is 6.63. The zero-order valence-corrected chi connectivity index (χ0v) is 11.1. The molecule has 0 aromatic heterocycles. The van der Waals surface area contributed by atoms with Crippen LogP contribution in [0.15, 0.2) is 18.2 Å². The highest BCUT2D eigenvalue weighted by Gasteiger charge is 2.18. The highest BCUT2D eigenvalue weighted by atomic mass is 16.5. The number of benzene rings is 1. The van der Waals surface area contributed by atoms with Gasteiger partial charge in [-0.05, 0) is 31.9 Å². The number of carbonyl (C=O) groups is 1. The summed E-state index contributed by atoms with van der Waals surface area (Å²) >= 11 is 0. The van der Waals surface area contributed by atoms with Crippen LogP contribution in [0.4, 0.5) is 11.4 Å². The Hall–Kier alpha value is -1.75. The summed E-state index contributed by atoms with van der Waals surface area (Å²) in [5.74, 6) is -0.357. The van der Waals surface area contributed by atoms with Gasteiger partial charge in [-0.2, -0.15) is 0 Å². The number of para-hydroxylation sites is 1. The maximum atomic E-state index is 11.9. The van der Waals surface area contributed by atoms with Crippen LogP contribution in [0.3, 0.4) is 0 Å². The summed E-state index contributed by atoms with van der Waals surface area (Å²) in [5.41, 5.74) is 7.58. The normalized spacial score (nSPS) is 18.3. The van der Waals surface area contributed by atoms with Crippen molar-refractivity contribution in [1.82, 2.24) is 0 Å². The monoisotopic (exact) mass is 264 g/mol. The first-order chi connectivity index (χ1) is 9.22. The summed E-state index contributed by atoms with van der Waals surface area (Å²) in [6.07, 6.45) is 2.31. The number of anilines is 2. The lowest BCUT2D eigenvalue weighted by atomic mass is 10.1. The first-order valence-electron chi connectivity index (χ1n) is 6.63. The highest BCUT2D eigenvalue weighted by Crippen LogP contribution is 2.25. The van der Waals surface area contributed by atoms with E-state index in [1.54, 1.807) is 25.1 Å². The topological polar surface area (TPSA) is 73.6 Å². The van der Waals surface area contributed by atoms with E-state index in [9.17, 15) is 4.79 Å². The van der Waals surface area contributed by atoms with Crippen LogP contribution in [-0.4, -0.2) is 31.8 Å². The molecule has 0 bridgehead atoms. The van der Waals surface area contributed by atoms with Gasteiger partial charge in [-0.3, -0.25) is 0 Å². The van der Waals surface area contributed by atoms with Crippen molar-refractivity contribution in [3.8, 4) is 0 Å². The lowest BCUT2D eigenvalue weighted by molar-refractivity contribution is 0.0527. The van der Waals surface area contributed by atoms with Gasteiger partial charge in [-0.15, -0.1) is 0 Å². The number of hydrogen-bond acceptors (Lipinski definition) is 5. The van der Waals surface area contributed by atoms with Gasteiger partial charge in [0.05, 0.1) is 29.6 Å². The SMILES string of the molecule is CCOC(=O)c1cccc(N)c1NCC1CCCO1. The van der Waals surface area contributed by atoms with E-state index in [4.69, 9.17) is 15.2 Å². The van der Waals surface area contributed by atoms with Gasteiger partial charge >= 0.3 is 5.97 Å². The van der Waals surface area contributed by atoms with Gasteiger partial charge < -0.3 is 20.5 Å². The second-order valence-corrected chi connectivity index (χ2v) is 4.51. The Balaban J connectivity index is 2.10. The highest BCUT2D eigenvalue weighted by molar-refractivity contribution is 5.98. The Morgan fingerprint density at radius 3 is 3.11 bits per heavy atom. The molecule has 1 aromatic carbocycles. The number of carbonyl (C=O) groups excluding carboxylic acids is 1. The van der Waals surface area contributed by atoms with Crippen LogP contribution in [0.1, 0.15) is 30.1 Å². The molecule has 5 nitrogen and oxygen atoms in total. The Bertz CT molecular complexity index is 442. The molecule has 1 atom stereocenters. The van der Waals surface area contributed by atoms with Crippen LogP contribution in [-0.2, 0) is 9.47 Å². The molecule has 1 heterocycles. The number of rotatable bonds is 5. The molecule has 5 heteroatoms. The Morgan fingerprint density at radius 2 is 2.42 bits per heavy atom. The number of nitrogen functional groups attached to an aromatic ring is 1. The predicted octanol–water partition coefficient (Wildman–Crippen LogP) is 2.04. The number of hydrogen-bond donors (Lipinski definition) is 2. The molecule has 104 valence electrons. The zero-order valence-electron chi connectivity index (χ0n) is 11.1. The predicted molar refractivity (Wildman–Crippen MR) is 74.3 cm³/mol. The van der Waals surface area contributed by atoms with Crippen molar-refractivity contribution >= 4 is 17.3 Å². The van der Waals surface area contributed by atoms with Crippen LogP contribution in [0.5, 0.6) is 0 Å². The van der Waals surface area contributed by atoms with E-state index in [0.717, 1.165) is 19.4 Å². The summed E-state index contributed by atoms with van der Waals surface area (Å²) in [7, 11) is 0. The molecule has 19 heavy (non-hydrogen) atoms. The molecule has 1 aliphatic rings. The molecule has 1 aromatic rings. The maximum absolute atomic E-state index is 11.9. The van der Waals surface area contributed by atoms with E-state index >= 15 is 0 Å². The minimum Gasteiger partial charge on any atom is -0.462 e. The van der Waals surface area contributed by atoms with Gasteiger partial charge in [0, 0.05) is 13.2 Å². The van der Waals surface area contributed by atoms with Crippen LogP contribution in [0.25, 0.3) is 0 Å². The number of nitrogens with two attached hydrogens (primary N) is 1. The molecule has 0 radical (unpaired) electrons. The van der Waals surface area contributed by atoms with Crippen LogP contribution in [0.2, 0.25) is 0 Å². The fraction of sp³-hybridized carbons (Fsp3) is 0.500. The quantitative estimate of drug-likeness (QED) is 0.629. The third-order valence-corrected chi connectivity index (χ3v) is 3.12. The molecule has 0 amide bonds. The van der Waals surface area contributed by atoms with Crippen molar-refractivity contribution in [1.29, 1.82) is 0 Å². The first kappa shape index (κ1) is 13.7. The van der Waals surface area contributed by atoms with Gasteiger partial charge in [0.2, 0.25) is 0 Å². The zero-order chi connectivity index (χ0) is 13.7. The third kappa shape index (κ3) is 3.38. The fourth-order valence-corrected chi connectivity index (χ4v) is 2.17. The standard InChI is InChI=1S/C14H20N2O3/c1-2-18-14(17)11-6-3-7-12(15)13(11)16-9-10-5-4-8-19-10/h3,6-7,10,16H,2,4-5,8-9,15H2,1H3. The van der Waals surface area contributed by atoms with Gasteiger partial charge in [-0.25, -0.2) is 4.79 Å². The van der Waals surface area contributed by atoms with Crippen molar-refractivity contribution in [3.63, 3.8) is 0 Å². The smallest absolute Gasteiger partial charge is 0.340 e. The lowest BCUT2D eigenvalue weighted by Gasteiger charge is -2.16. The number of nitrogens with one attached hydrogen (secondary N) is 1. The van der Waals surface area contributed by atoms with E-state index in [2.05, 4.69) is 5.32 Å². The van der Waals surface area contributed by atoms with Crippen molar-refractivity contribution in [2.24, 2.45) is 0 Å². The van der Waals surface area contributed by atoms with E-state index in [0.29, 0.717) is 30.1 Å². The summed E-state index contributed by atoms with van der Waals surface area (Å²) in [4.78, 5) is 11.9. The molecule has 0 spiro atoms. The Labute approximate surface area is 113 Å². The molecular weight excluding hydrogens is 244 g/mol. The summed E-state index contributed by atoms with van der Waals surface area (Å²) < 4.78 is 10.6. The Morgan fingerprint density at radius 1 is 1.58 bits per heavy atom. The Kier molecular flexibility index (Phi) is 4.63. The van der Waals surface area contributed by atoms with Crippen LogP contribution >= 0.6 is 0 Å². The second-order valence-electron chi connectivity index (χ2n) is 4.51. The van der Waals surface area contributed by atoms with Crippen molar-refractivity contribution in [2.75, 3.05) is 30.8 Å². The van der Waals surface area contributed by atoms with E-state index in [1.807, 2.05) is 0 Å². The van der Waals surface area contributed by atoms with Gasteiger partial charge in [0.15, 0.2) is 0 Å². The molecule has 1 aliphatic heterocycles. The number of ether oxygens (including phenoxy) is 2. The minimum atomic E-state index is -0.357. The summed E-state index contributed by atoms with van der Waals surface area (Å²) in [5, 5.41) is 3.21. The molecule has 0 saturated carbocycles. The van der Waals surface area contributed by atoms with Crippen molar-refractivity contribution in [3.05, 3.63) is 23.8 Å². The average Bonchev–Trinajstić information content (AvgIpc) is 2.90. The average molecular weight is 264 g/mol. The summed E-state index contributed by atoms with van der Waals surface area (Å²) in [6.45, 7) is 3.59. The van der Waals surface area contributed by atoms with Crippen molar-refractivity contribution in [2.45, 2.75) is 25.9 Å². The second kappa shape index (κ2) is 6.43. The third-order valence-electron chi connectivity index (χ3n) is 3.12. The van der Waals surface area contributed by atoms with Crippen molar-refractivity contribution < 1.29 is 14.3 Å². The van der Waals surface area contributed by atoms with E-state index < -0.39 is 0 Å². The van der Waals surface area contributed by atoms with E-state index in [-0.39, 0.29) is 12.1 Å². The molecule has 1 unspecified atom stereocenters. The molecule has 2 rings (SSSR count). The van der Waals surface area contributed by atoms with Gasteiger partial charge in [0.1, 0.15) is 0 Å².